The highest BCUT2D eigenvalue weighted by Crippen LogP contribution is 2.42. The van der Waals surface area contributed by atoms with Gasteiger partial charge in [0.15, 0.2) is 0 Å². The van der Waals surface area contributed by atoms with Gasteiger partial charge in [0, 0.05) is 5.69 Å². The lowest BCUT2D eigenvalue weighted by molar-refractivity contribution is -0.117. The smallest absolute Gasteiger partial charge is 0.265 e. The predicted molar refractivity (Wildman–Crippen MR) is 140 cm³/mol. The quantitative estimate of drug-likeness (QED) is 0.355. The number of carbonyl (C=O) groups is 2. The van der Waals surface area contributed by atoms with Crippen LogP contribution in [0.1, 0.15) is 36.6 Å². The van der Waals surface area contributed by atoms with Crippen LogP contribution in [0.5, 0.6) is 0 Å². The zero-order valence-corrected chi connectivity index (χ0v) is 20.6. The Morgan fingerprint density at radius 3 is 2.23 bits per heavy atom. The average molecular weight is 482 g/mol. The number of amides is 2. The number of carbonyl (C=O) groups excluding carboxylic acids is 2. The number of hydrogen-bond acceptors (Lipinski definition) is 4. The van der Waals surface area contributed by atoms with Crippen molar-refractivity contribution in [2.75, 3.05) is 4.90 Å². The molecule has 0 saturated carbocycles. The monoisotopic (exact) mass is 481 g/mol. The molecule has 1 fully saturated rings. The van der Waals surface area contributed by atoms with Gasteiger partial charge >= 0.3 is 0 Å². The second kappa shape index (κ2) is 11.1. The molecule has 2 atom stereocenters. The van der Waals surface area contributed by atoms with E-state index in [0.717, 1.165) is 23.1 Å². The lowest BCUT2D eigenvalue weighted by Crippen LogP contribution is -2.32. The van der Waals surface area contributed by atoms with Crippen LogP contribution in [0, 0.1) is 11.3 Å². The molecule has 2 unspecified atom stereocenters. The number of hydrogen-bond donors (Lipinski definition) is 1. The maximum atomic E-state index is 13.6. The summed E-state index contributed by atoms with van der Waals surface area (Å²) in [6, 6.07) is 28.8. The van der Waals surface area contributed by atoms with E-state index < -0.39 is 11.2 Å². The van der Waals surface area contributed by atoms with Gasteiger partial charge in [0.2, 0.25) is 5.91 Å². The van der Waals surface area contributed by atoms with Gasteiger partial charge in [0.1, 0.15) is 16.7 Å². The highest BCUT2D eigenvalue weighted by molar-refractivity contribution is 8.05. The van der Waals surface area contributed by atoms with Gasteiger partial charge in [-0.15, -0.1) is 0 Å². The first-order chi connectivity index (χ1) is 17.0. The normalized spacial score (nSPS) is 17.6. The fraction of sp³-hybridized carbons (Fsp3) is 0.207. The summed E-state index contributed by atoms with van der Waals surface area (Å²) in [6.07, 6.45) is 1.39. The van der Waals surface area contributed by atoms with E-state index in [4.69, 9.17) is 0 Å². The third-order valence-corrected chi connectivity index (χ3v) is 7.28. The van der Waals surface area contributed by atoms with Gasteiger partial charge in [-0.1, -0.05) is 91.5 Å². The minimum atomic E-state index is -0.491. The predicted octanol–water partition coefficient (Wildman–Crippen LogP) is 5.55. The van der Waals surface area contributed by atoms with E-state index in [9.17, 15) is 14.9 Å². The number of rotatable bonds is 7. The Morgan fingerprint density at radius 2 is 1.63 bits per heavy atom. The standard InChI is InChI=1S/C29H27N3O2S/c1-3-21-14-16-24(17-15-21)32-28(34)26(18-22-10-6-4-7-11-22)35-29(32)25(19-30)27(33)31-20(2)23-12-8-5-9-13-23/h4-17,20,26H,3,18H2,1-2H3,(H,31,33)/b29-25-. The molecule has 2 amide bonds. The molecule has 0 aliphatic carbocycles. The average Bonchev–Trinajstić information content (AvgIpc) is 3.20. The lowest BCUT2D eigenvalue weighted by atomic mass is 10.1. The minimum absolute atomic E-state index is 0.0544. The largest absolute Gasteiger partial charge is 0.345 e. The van der Waals surface area contributed by atoms with E-state index in [-0.39, 0.29) is 17.5 Å². The van der Waals surface area contributed by atoms with Crippen LogP contribution in [0.25, 0.3) is 0 Å². The second-order valence-electron chi connectivity index (χ2n) is 8.39. The van der Waals surface area contributed by atoms with Crippen molar-refractivity contribution in [3.63, 3.8) is 0 Å². The van der Waals surface area contributed by atoms with Gasteiger partial charge in [-0.2, -0.15) is 5.26 Å². The Morgan fingerprint density at radius 1 is 1.00 bits per heavy atom. The van der Waals surface area contributed by atoms with E-state index in [1.165, 1.54) is 16.7 Å². The van der Waals surface area contributed by atoms with Crippen LogP contribution >= 0.6 is 11.8 Å². The first kappa shape index (κ1) is 24.3. The topological polar surface area (TPSA) is 73.2 Å². The maximum absolute atomic E-state index is 13.6. The Hall–Kier alpha value is -3.82. The van der Waals surface area contributed by atoms with Crippen molar-refractivity contribution in [2.45, 2.75) is 38.0 Å². The van der Waals surface area contributed by atoms with Gasteiger partial charge < -0.3 is 5.32 Å². The Kier molecular flexibility index (Phi) is 7.69. The van der Waals surface area contributed by atoms with Crippen molar-refractivity contribution in [3.05, 3.63) is 112 Å². The van der Waals surface area contributed by atoms with Gasteiger partial charge in [-0.3, -0.25) is 14.5 Å². The first-order valence-electron chi connectivity index (χ1n) is 11.7. The van der Waals surface area contributed by atoms with E-state index in [1.807, 2.05) is 91.9 Å². The molecular formula is C29H27N3O2S. The molecule has 0 radical (unpaired) electrons. The SMILES string of the molecule is CCc1ccc(N2C(=O)C(Cc3ccccc3)S/C2=C(/C#N)C(=O)NC(C)c2ccccc2)cc1. The molecule has 1 saturated heterocycles. The van der Waals surface area contributed by atoms with Gasteiger partial charge in [0.05, 0.1) is 11.3 Å². The van der Waals surface area contributed by atoms with Crippen LogP contribution in [0.2, 0.25) is 0 Å². The number of nitrogens with one attached hydrogen (secondary N) is 1. The first-order valence-corrected chi connectivity index (χ1v) is 12.5. The van der Waals surface area contributed by atoms with Gasteiger partial charge in [0.25, 0.3) is 5.91 Å². The maximum Gasteiger partial charge on any atom is 0.265 e. The fourth-order valence-corrected chi connectivity index (χ4v) is 5.33. The van der Waals surface area contributed by atoms with Crippen molar-refractivity contribution >= 4 is 29.3 Å². The molecule has 35 heavy (non-hydrogen) atoms. The molecule has 1 aliphatic rings. The molecule has 3 aromatic rings. The van der Waals surface area contributed by atoms with Crippen molar-refractivity contribution < 1.29 is 9.59 Å². The van der Waals surface area contributed by atoms with Crippen molar-refractivity contribution in [2.24, 2.45) is 0 Å². The van der Waals surface area contributed by atoms with Crippen LogP contribution in [0.15, 0.2) is 95.5 Å². The number of aryl methyl sites for hydroxylation is 1. The second-order valence-corrected chi connectivity index (χ2v) is 9.58. The molecule has 176 valence electrons. The summed E-state index contributed by atoms with van der Waals surface area (Å²) in [5, 5.41) is 12.9. The van der Waals surface area contributed by atoms with Crippen molar-refractivity contribution in [1.29, 1.82) is 5.26 Å². The number of benzene rings is 3. The summed E-state index contributed by atoms with van der Waals surface area (Å²) in [4.78, 5) is 28.4. The highest BCUT2D eigenvalue weighted by atomic mass is 32.2. The fourth-order valence-electron chi connectivity index (χ4n) is 4.02. The van der Waals surface area contributed by atoms with Crippen molar-refractivity contribution in [1.82, 2.24) is 5.32 Å². The molecule has 5 nitrogen and oxygen atoms in total. The molecule has 1 N–H and O–H groups in total. The summed E-state index contributed by atoms with van der Waals surface area (Å²) >= 11 is 1.28. The third kappa shape index (κ3) is 5.47. The molecule has 1 heterocycles. The number of thioether (sulfide) groups is 1. The van der Waals surface area contributed by atoms with Crippen LogP contribution in [-0.4, -0.2) is 17.1 Å². The molecule has 4 rings (SSSR count). The van der Waals surface area contributed by atoms with E-state index in [0.29, 0.717) is 17.1 Å². The summed E-state index contributed by atoms with van der Waals surface area (Å²) < 4.78 is 0. The molecule has 3 aromatic carbocycles. The van der Waals surface area contributed by atoms with Gasteiger partial charge in [-0.05, 0) is 48.6 Å². The Labute approximate surface area is 210 Å². The van der Waals surface area contributed by atoms with Crippen LogP contribution in [-0.2, 0) is 22.4 Å². The molecular weight excluding hydrogens is 454 g/mol. The third-order valence-electron chi connectivity index (χ3n) is 6.02. The van der Waals surface area contributed by atoms with E-state index >= 15 is 0 Å². The Bertz CT molecular complexity index is 1260. The van der Waals surface area contributed by atoms with Crippen molar-refractivity contribution in [3.8, 4) is 6.07 Å². The van der Waals surface area contributed by atoms with E-state index in [1.54, 1.807) is 0 Å². The molecule has 0 aromatic heterocycles. The van der Waals surface area contributed by atoms with Gasteiger partial charge in [-0.25, -0.2) is 0 Å². The van der Waals surface area contributed by atoms with Crippen LogP contribution in [0.4, 0.5) is 5.69 Å². The summed E-state index contributed by atoms with van der Waals surface area (Å²) in [6.45, 7) is 3.94. The minimum Gasteiger partial charge on any atom is -0.345 e. The Balaban J connectivity index is 1.69. The molecule has 6 heteroatoms. The number of anilines is 1. The highest BCUT2D eigenvalue weighted by Gasteiger charge is 2.40. The molecule has 1 aliphatic heterocycles. The number of nitrogens with zero attached hydrogens (tertiary/aromatic N) is 2. The summed E-state index contributed by atoms with van der Waals surface area (Å²) in [5.74, 6) is -0.621. The lowest BCUT2D eigenvalue weighted by Gasteiger charge is -2.20. The number of nitriles is 1. The van der Waals surface area contributed by atoms with Crippen LogP contribution < -0.4 is 10.2 Å². The zero-order chi connectivity index (χ0) is 24.8. The molecule has 0 bridgehead atoms. The summed E-state index contributed by atoms with van der Waals surface area (Å²) in [5.41, 5.74) is 3.71. The molecule has 0 spiro atoms. The summed E-state index contributed by atoms with van der Waals surface area (Å²) in [7, 11) is 0. The zero-order valence-electron chi connectivity index (χ0n) is 19.8. The van der Waals surface area contributed by atoms with Crippen LogP contribution in [0.3, 0.4) is 0 Å². The van der Waals surface area contributed by atoms with E-state index in [2.05, 4.69) is 18.3 Å².